The van der Waals surface area contributed by atoms with Crippen molar-refractivity contribution in [3.8, 4) is 0 Å². The highest BCUT2D eigenvalue weighted by Gasteiger charge is 2.12. The van der Waals surface area contributed by atoms with E-state index in [4.69, 9.17) is 5.41 Å². The average Bonchev–Trinajstić information content (AvgIpc) is 2.92. The highest BCUT2D eigenvalue weighted by molar-refractivity contribution is 6.08. The summed E-state index contributed by atoms with van der Waals surface area (Å²) in [6, 6.07) is 1.88. The van der Waals surface area contributed by atoms with Crippen LogP contribution in [0.4, 0.5) is 5.82 Å². The summed E-state index contributed by atoms with van der Waals surface area (Å²) in [5, 5.41) is 18.0. The van der Waals surface area contributed by atoms with E-state index < -0.39 is 0 Å². The maximum atomic E-state index is 7.48. The van der Waals surface area contributed by atoms with E-state index in [0.717, 1.165) is 5.82 Å². The van der Waals surface area contributed by atoms with Gasteiger partial charge in [0.1, 0.15) is 5.82 Å². The molecule has 0 aliphatic carbocycles. The molecular formula is C15H22N6. The number of hydrogen-bond acceptors (Lipinski definition) is 5. The smallest absolute Gasteiger partial charge is 0.151 e. The summed E-state index contributed by atoms with van der Waals surface area (Å²) in [5.74, 6) is 1.51. The van der Waals surface area contributed by atoms with Crippen LogP contribution in [0.3, 0.4) is 0 Å². The topological polar surface area (TPSA) is 78.1 Å². The van der Waals surface area contributed by atoms with Crippen molar-refractivity contribution in [2.75, 3.05) is 26.0 Å². The number of rotatable bonds is 7. The van der Waals surface area contributed by atoms with Crippen LogP contribution in [-0.2, 0) is 0 Å². The molecular weight excluding hydrogens is 264 g/mol. The van der Waals surface area contributed by atoms with Crippen LogP contribution in [0.25, 0.3) is 5.57 Å². The van der Waals surface area contributed by atoms with E-state index in [1.165, 1.54) is 6.21 Å². The minimum absolute atomic E-state index is 0.652. The van der Waals surface area contributed by atoms with E-state index in [1.807, 2.05) is 32.2 Å². The summed E-state index contributed by atoms with van der Waals surface area (Å²) in [6.45, 7) is 6.28. The molecule has 0 saturated carbocycles. The lowest BCUT2D eigenvalue weighted by Crippen LogP contribution is -2.14. The predicted molar refractivity (Wildman–Crippen MR) is 90.3 cm³/mol. The highest BCUT2D eigenvalue weighted by atomic mass is 15.4. The summed E-state index contributed by atoms with van der Waals surface area (Å²) in [5.41, 5.74) is 1.39. The lowest BCUT2D eigenvalue weighted by atomic mass is 10.2. The first-order valence-electron chi connectivity index (χ1n) is 6.71. The fraction of sp³-hybridized carbons (Fsp3) is 0.267. The molecule has 0 bridgehead atoms. The van der Waals surface area contributed by atoms with Crippen LogP contribution < -0.4 is 10.6 Å². The Balaban J connectivity index is 3.34. The van der Waals surface area contributed by atoms with Crippen molar-refractivity contribution in [1.29, 1.82) is 5.41 Å². The summed E-state index contributed by atoms with van der Waals surface area (Å²) in [7, 11) is 3.61. The van der Waals surface area contributed by atoms with Gasteiger partial charge in [0.25, 0.3) is 0 Å². The lowest BCUT2D eigenvalue weighted by molar-refractivity contribution is 0.918. The number of aromatic nitrogens is 2. The molecule has 0 radical (unpaired) electrons. The first kappa shape index (κ1) is 16.4. The van der Waals surface area contributed by atoms with Crippen molar-refractivity contribution < 1.29 is 0 Å². The van der Waals surface area contributed by atoms with Crippen LogP contribution in [0, 0.1) is 5.41 Å². The van der Waals surface area contributed by atoms with Gasteiger partial charge in [0.05, 0.1) is 5.69 Å². The molecule has 1 aromatic rings. The Morgan fingerprint density at radius 3 is 2.81 bits per heavy atom. The Kier molecular flexibility index (Phi) is 6.67. The Morgan fingerprint density at radius 1 is 1.52 bits per heavy atom. The number of allylic oxidation sites excluding steroid dienone is 4. The average molecular weight is 286 g/mol. The standard InChI is InChI=1S/C15H22N6/c1-5-7-8-14(19-6-2)21-15(18-4)9-13(20-21)12(10-16)11-17-3/h5,7-11,16-18H,1,6H2,2-4H3/b8-7-,12-11+,16-10?,19-14+. The van der Waals surface area contributed by atoms with Crippen LogP contribution in [0.5, 0.6) is 0 Å². The molecule has 0 atom stereocenters. The maximum Gasteiger partial charge on any atom is 0.151 e. The molecule has 112 valence electrons. The van der Waals surface area contributed by atoms with Gasteiger partial charge in [-0.15, -0.1) is 0 Å². The van der Waals surface area contributed by atoms with Crippen molar-refractivity contribution in [1.82, 2.24) is 15.1 Å². The highest BCUT2D eigenvalue weighted by Crippen LogP contribution is 2.16. The third-order valence-electron chi connectivity index (χ3n) is 2.64. The van der Waals surface area contributed by atoms with Crippen molar-refractivity contribution in [3.63, 3.8) is 0 Å². The number of nitrogens with zero attached hydrogens (tertiary/aromatic N) is 3. The second-order valence-electron chi connectivity index (χ2n) is 4.04. The normalized spacial score (nSPS) is 12.5. The molecule has 0 spiro atoms. The van der Waals surface area contributed by atoms with Gasteiger partial charge in [-0.2, -0.15) is 9.78 Å². The Hall–Kier alpha value is -2.63. The summed E-state index contributed by atoms with van der Waals surface area (Å²) in [6.07, 6.45) is 8.35. The van der Waals surface area contributed by atoms with Gasteiger partial charge in [-0.25, -0.2) is 0 Å². The fourth-order valence-electron chi connectivity index (χ4n) is 1.73. The van der Waals surface area contributed by atoms with E-state index in [2.05, 4.69) is 27.3 Å². The summed E-state index contributed by atoms with van der Waals surface area (Å²) < 4.78 is 1.71. The van der Waals surface area contributed by atoms with Crippen molar-refractivity contribution >= 4 is 23.4 Å². The molecule has 6 heteroatoms. The zero-order valence-electron chi connectivity index (χ0n) is 12.7. The number of nitrogens with one attached hydrogen (secondary N) is 3. The molecule has 0 aliphatic heterocycles. The molecule has 6 nitrogen and oxygen atoms in total. The zero-order valence-corrected chi connectivity index (χ0v) is 12.7. The Labute approximate surface area is 125 Å². The molecule has 0 fully saturated rings. The van der Waals surface area contributed by atoms with Crippen LogP contribution in [0.15, 0.2) is 42.1 Å². The van der Waals surface area contributed by atoms with E-state index in [0.29, 0.717) is 23.6 Å². The van der Waals surface area contributed by atoms with Gasteiger partial charge < -0.3 is 16.0 Å². The van der Waals surface area contributed by atoms with Crippen LogP contribution in [0.1, 0.15) is 12.6 Å². The Morgan fingerprint density at radius 2 is 2.29 bits per heavy atom. The van der Waals surface area contributed by atoms with Crippen LogP contribution in [0.2, 0.25) is 0 Å². The van der Waals surface area contributed by atoms with Crippen molar-refractivity contribution in [3.05, 3.63) is 42.8 Å². The number of aliphatic imine (C=N–C) groups is 1. The molecule has 0 aliphatic rings. The molecule has 1 heterocycles. The summed E-state index contributed by atoms with van der Waals surface area (Å²) >= 11 is 0. The predicted octanol–water partition coefficient (Wildman–Crippen LogP) is 2.14. The molecule has 0 aromatic carbocycles. The third-order valence-corrected chi connectivity index (χ3v) is 2.64. The van der Waals surface area contributed by atoms with Gasteiger partial charge in [-0.3, -0.25) is 4.99 Å². The first-order chi connectivity index (χ1) is 10.2. The minimum Gasteiger partial charge on any atom is -0.393 e. The van der Waals surface area contributed by atoms with E-state index in [9.17, 15) is 0 Å². The Bertz CT molecular complexity index is 577. The third kappa shape index (κ3) is 4.17. The van der Waals surface area contributed by atoms with E-state index in [1.54, 1.807) is 24.0 Å². The first-order valence-corrected chi connectivity index (χ1v) is 6.71. The van der Waals surface area contributed by atoms with Crippen LogP contribution in [-0.4, -0.2) is 42.5 Å². The lowest BCUT2D eigenvalue weighted by Gasteiger charge is -2.06. The fourth-order valence-corrected chi connectivity index (χ4v) is 1.73. The van der Waals surface area contributed by atoms with Gasteiger partial charge in [0.15, 0.2) is 5.84 Å². The van der Waals surface area contributed by atoms with Crippen molar-refractivity contribution in [2.24, 2.45) is 4.99 Å². The SMILES string of the molecule is C=C/C=C\C(=N/CC)n1nc(/C(C=N)=C/NC)cc1NC. The second kappa shape index (κ2) is 8.52. The molecule has 3 N–H and O–H groups in total. The monoisotopic (exact) mass is 286 g/mol. The maximum absolute atomic E-state index is 7.48. The summed E-state index contributed by atoms with van der Waals surface area (Å²) in [4.78, 5) is 4.44. The van der Waals surface area contributed by atoms with Gasteiger partial charge in [0.2, 0.25) is 0 Å². The number of hydrogen-bond donors (Lipinski definition) is 3. The van der Waals surface area contributed by atoms with Gasteiger partial charge >= 0.3 is 0 Å². The minimum atomic E-state index is 0.652. The second-order valence-corrected chi connectivity index (χ2v) is 4.04. The molecule has 0 unspecified atom stereocenters. The number of anilines is 1. The van der Waals surface area contributed by atoms with Gasteiger partial charge in [-0.1, -0.05) is 18.7 Å². The zero-order chi connectivity index (χ0) is 15.7. The largest absolute Gasteiger partial charge is 0.393 e. The van der Waals surface area contributed by atoms with Gasteiger partial charge in [-0.05, 0) is 13.0 Å². The van der Waals surface area contributed by atoms with Crippen molar-refractivity contribution in [2.45, 2.75) is 6.92 Å². The molecule has 21 heavy (non-hydrogen) atoms. The molecule has 1 aromatic heterocycles. The molecule has 0 amide bonds. The quantitative estimate of drug-likeness (QED) is 0.408. The van der Waals surface area contributed by atoms with Gasteiger partial charge in [0, 0.05) is 44.7 Å². The van der Waals surface area contributed by atoms with E-state index in [-0.39, 0.29) is 0 Å². The van der Waals surface area contributed by atoms with E-state index >= 15 is 0 Å². The molecule has 0 saturated heterocycles. The molecule has 1 rings (SSSR count). The van der Waals surface area contributed by atoms with Crippen LogP contribution >= 0.6 is 0 Å².